The molecule has 2 rings (SSSR count). The Bertz CT molecular complexity index is 411. The molecule has 1 aliphatic rings. The summed E-state index contributed by atoms with van der Waals surface area (Å²) in [5.41, 5.74) is 6.69. The van der Waals surface area contributed by atoms with Crippen LogP contribution in [-0.4, -0.2) is 13.2 Å². The van der Waals surface area contributed by atoms with E-state index in [4.69, 9.17) is 26.8 Å². The van der Waals surface area contributed by atoms with Crippen LogP contribution in [0.4, 0.5) is 0 Å². The van der Waals surface area contributed by atoms with Crippen LogP contribution >= 0.6 is 11.6 Å². The number of rotatable bonds is 4. The molecule has 2 atom stereocenters. The molecule has 2 N–H and O–H groups in total. The lowest BCUT2D eigenvalue weighted by Crippen LogP contribution is -2.25. The third kappa shape index (κ3) is 3.54. The summed E-state index contributed by atoms with van der Waals surface area (Å²) in [6.45, 7) is 2.67. The largest absolute Gasteiger partial charge is 0.493 e. The van der Waals surface area contributed by atoms with E-state index in [9.17, 15) is 0 Å². The van der Waals surface area contributed by atoms with Crippen molar-refractivity contribution < 1.29 is 9.47 Å². The molecular formula is C15H22ClNO2. The van der Waals surface area contributed by atoms with Crippen molar-refractivity contribution in [3.63, 3.8) is 0 Å². The molecule has 2 unspecified atom stereocenters. The zero-order chi connectivity index (χ0) is 13.8. The fourth-order valence-corrected chi connectivity index (χ4v) is 2.94. The van der Waals surface area contributed by atoms with E-state index >= 15 is 0 Å². The minimum atomic E-state index is 0.254. The second-order valence-corrected chi connectivity index (χ2v) is 5.75. The Balaban J connectivity index is 2.22. The van der Waals surface area contributed by atoms with Crippen molar-refractivity contribution >= 4 is 11.6 Å². The number of methoxy groups -OCH3 is 1. The van der Waals surface area contributed by atoms with E-state index in [1.165, 1.54) is 12.8 Å². The van der Waals surface area contributed by atoms with Gasteiger partial charge in [-0.15, -0.1) is 0 Å². The van der Waals surface area contributed by atoms with Gasteiger partial charge in [0.15, 0.2) is 11.5 Å². The van der Waals surface area contributed by atoms with Crippen molar-refractivity contribution in [2.24, 2.45) is 11.7 Å². The third-order valence-electron chi connectivity index (χ3n) is 3.71. The van der Waals surface area contributed by atoms with Gasteiger partial charge in [-0.2, -0.15) is 0 Å². The molecule has 4 heteroatoms. The van der Waals surface area contributed by atoms with Crippen LogP contribution in [0.2, 0.25) is 5.02 Å². The van der Waals surface area contributed by atoms with Crippen molar-refractivity contribution in [3.8, 4) is 11.5 Å². The molecule has 0 aliphatic heterocycles. The number of ether oxygens (including phenoxy) is 2. The lowest BCUT2D eigenvalue weighted by Gasteiger charge is -2.28. The molecule has 0 heterocycles. The summed E-state index contributed by atoms with van der Waals surface area (Å²) in [4.78, 5) is 0. The predicted octanol–water partition coefficient (Wildman–Crippen LogP) is 3.76. The maximum absolute atomic E-state index is 6.16. The van der Waals surface area contributed by atoms with Gasteiger partial charge in [0.25, 0.3) is 0 Å². The standard InChI is InChI=1S/C15H22ClNO2/c1-10-4-3-5-13(6-10)19-15-11(9-17)7-12(16)8-14(15)18-2/h7-8,10,13H,3-6,9,17H2,1-2H3. The molecule has 0 amide bonds. The molecule has 3 nitrogen and oxygen atoms in total. The van der Waals surface area contributed by atoms with Gasteiger partial charge in [0.05, 0.1) is 13.2 Å². The van der Waals surface area contributed by atoms with E-state index in [0.717, 1.165) is 30.1 Å². The van der Waals surface area contributed by atoms with Gasteiger partial charge >= 0.3 is 0 Å². The highest BCUT2D eigenvalue weighted by Crippen LogP contribution is 2.37. The summed E-state index contributed by atoms with van der Waals surface area (Å²) < 4.78 is 11.5. The molecule has 1 aromatic rings. The molecule has 106 valence electrons. The number of benzene rings is 1. The molecule has 1 saturated carbocycles. The van der Waals surface area contributed by atoms with E-state index in [-0.39, 0.29) is 6.10 Å². The highest BCUT2D eigenvalue weighted by atomic mass is 35.5. The van der Waals surface area contributed by atoms with Crippen molar-refractivity contribution in [1.82, 2.24) is 0 Å². The van der Waals surface area contributed by atoms with Gasteiger partial charge in [-0.05, 0) is 31.2 Å². The van der Waals surface area contributed by atoms with Crippen LogP contribution in [0.15, 0.2) is 12.1 Å². The number of halogens is 1. The number of nitrogens with two attached hydrogens (primary N) is 1. The summed E-state index contributed by atoms with van der Waals surface area (Å²) in [5, 5.41) is 0.627. The maximum Gasteiger partial charge on any atom is 0.166 e. The molecule has 0 radical (unpaired) electrons. The van der Waals surface area contributed by atoms with Crippen LogP contribution in [0.1, 0.15) is 38.2 Å². The van der Waals surface area contributed by atoms with Crippen LogP contribution in [0.25, 0.3) is 0 Å². The summed E-state index contributed by atoms with van der Waals surface area (Å²) in [6, 6.07) is 3.63. The first kappa shape index (κ1) is 14.5. The van der Waals surface area contributed by atoms with Gasteiger partial charge in [0.2, 0.25) is 0 Å². The lowest BCUT2D eigenvalue weighted by atomic mass is 9.88. The van der Waals surface area contributed by atoms with Crippen LogP contribution in [0, 0.1) is 5.92 Å². The molecule has 1 aliphatic carbocycles. The third-order valence-corrected chi connectivity index (χ3v) is 3.93. The summed E-state index contributed by atoms with van der Waals surface area (Å²) in [6.07, 6.45) is 4.96. The summed E-state index contributed by atoms with van der Waals surface area (Å²) in [7, 11) is 1.63. The van der Waals surface area contributed by atoms with Crippen LogP contribution < -0.4 is 15.2 Å². The Labute approximate surface area is 120 Å². The molecule has 0 saturated heterocycles. The zero-order valence-electron chi connectivity index (χ0n) is 11.6. The SMILES string of the molecule is COc1cc(Cl)cc(CN)c1OC1CCCC(C)C1. The Morgan fingerprint density at radius 2 is 2.16 bits per heavy atom. The van der Waals surface area contributed by atoms with Crippen molar-refractivity contribution in [2.75, 3.05) is 7.11 Å². The van der Waals surface area contributed by atoms with Gasteiger partial charge in [-0.25, -0.2) is 0 Å². The lowest BCUT2D eigenvalue weighted by molar-refractivity contribution is 0.124. The van der Waals surface area contributed by atoms with Crippen molar-refractivity contribution in [1.29, 1.82) is 0 Å². The fraction of sp³-hybridized carbons (Fsp3) is 0.600. The molecule has 19 heavy (non-hydrogen) atoms. The highest BCUT2D eigenvalue weighted by Gasteiger charge is 2.23. The van der Waals surface area contributed by atoms with E-state index < -0.39 is 0 Å². The van der Waals surface area contributed by atoms with Crippen molar-refractivity contribution in [2.45, 2.75) is 45.3 Å². The summed E-state index contributed by atoms with van der Waals surface area (Å²) in [5.74, 6) is 2.15. The average molecular weight is 284 g/mol. The normalized spacial score (nSPS) is 23.2. The van der Waals surface area contributed by atoms with E-state index in [2.05, 4.69) is 6.92 Å². The minimum absolute atomic E-state index is 0.254. The number of hydrogen-bond donors (Lipinski definition) is 1. The highest BCUT2D eigenvalue weighted by molar-refractivity contribution is 6.30. The first-order valence-electron chi connectivity index (χ1n) is 6.87. The quantitative estimate of drug-likeness (QED) is 0.915. The maximum atomic E-state index is 6.16. The Kier molecular flexibility index (Phi) is 4.94. The molecule has 1 aromatic carbocycles. The first-order valence-corrected chi connectivity index (χ1v) is 7.25. The Morgan fingerprint density at radius 1 is 1.37 bits per heavy atom. The number of hydrogen-bond acceptors (Lipinski definition) is 3. The Morgan fingerprint density at radius 3 is 2.79 bits per heavy atom. The van der Waals surface area contributed by atoms with Crippen LogP contribution in [0.3, 0.4) is 0 Å². The fourth-order valence-electron chi connectivity index (χ4n) is 2.71. The van der Waals surface area contributed by atoms with Gasteiger partial charge in [-0.1, -0.05) is 24.9 Å². The van der Waals surface area contributed by atoms with Gasteiger partial charge in [0, 0.05) is 23.2 Å². The monoisotopic (exact) mass is 283 g/mol. The van der Waals surface area contributed by atoms with Gasteiger partial charge in [-0.3, -0.25) is 0 Å². The van der Waals surface area contributed by atoms with Gasteiger partial charge in [0.1, 0.15) is 0 Å². The average Bonchev–Trinajstić information content (AvgIpc) is 2.40. The van der Waals surface area contributed by atoms with Gasteiger partial charge < -0.3 is 15.2 Å². The topological polar surface area (TPSA) is 44.5 Å². The second-order valence-electron chi connectivity index (χ2n) is 5.31. The minimum Gasteiger partial charge on any atom is -0.493 e. The molecule has 0 aromatic heterocycles. The smallest absolute Gasteiger partial charge is 0.166 e. The first-order chi connectivity index (χ1) is 9.13. The van der Waals surface area contributed by atoms with Crippen LogP contribution in [0.5, 0.6) is 11.5 Å². The molecule has 0 spiro atoms. The van der Waals surface area contributed by atoms with E-state index in [0.29, 0.717) is 17.3 Å². The molecular weight excluding hydrogens is 262 g/mol. The second kappa shape index (κ2) is 6.49. The summed E-state index contributed by atoms with van der Waals surface area (Å²) >= 11 is 6.05. The van der Waals surface area contributed by atoms with Crippen molar-refractivity contribution in [3.05, 3.63) is 22.7 Å². The molecule has 0 bridgehead atoms. The predicted molar refractivity (Wildman–Crippen MR) is 77.9 cm³/mol. The van der Waals surface area contributed by atoms with E-state index in [1.807, 2.05) is 6.07 Å². The Hall–Kier alpha value is -0.930. The zero-order valence-corrected chi connectivity index (χ0v) is 12.4. The van der Waals surface area contributed by atoms with E-state index in [1.54, 1.807) is 13.2 Å². The molecule has 1 fully saturated rings. The van der Waals surface area contributed by atoms with Crippen LogP contribution in [-0.2, 0) is 6.54 Å².